The molecule has 3 heterocycles. The van der Waals surface area contributed by atoms with Crippen molar-refractivity contribution >= 4 is 11.7 Å². The van der Waals surface area contributed by atoms with E-state index in [2.05, 4.69) is 20.6 Å². The molecule has 156 valence electrons. The van der Waals surface area contributed by atoms with Gasteiger partial charge in [-0.05, 0) is 29.8 Å². The molecule has 1 aliphatic rings. The maximum absolute atomic E-state index is 12.4. The van der Waals surface area contributed by atoms with Crippen LogP contribution < -0.4 is 14.8 Å². The number of para-hydroxylation sites is 1. The van der Waals surface area contributed by atoms with E-state index in [9.17, 15) is 4.79 Å². The second-order valence-electron chi connectivity index (χ2n) is 7.29. The lowest BCUT2D eigenvalue weighted by Crippen LogP contribution is -2.23. The third kappa shape index (κ3) is 3.31. The summed E-state index contributed by atoms with van der Waals surface area (Å²) in [6.07, 6.45) is 4.07. The Morgan fingerprint density at radius 2 is 1.94 bits per heavy atom. The lowest BCUT2D eigenvalue weighted by Gasteiger charge is -2.22. The van der Waals surface area contributed by atoms with Gasteiger partial charge in [0.05, 0.1) is 31.8 Å². The molecule has 8 heteroatoms. The number of nitrogens with one attached hydrogen (secondary N) is 2. The summed E-state index contributed by atoms with van der Waals surface area (Å²) in [5.41, 5.74) is 4.45. The molecule has 31 heavy (non-hydrogen) atoms. The van der Waals surface area contributed by atoms with Crippen molar-refractivity contribution in [2.75, 3.05) is 19.5 Å². The van der Waals surface area contributed by atoms with Gasteiger partial charge < -0.3 is 14.8 Å². The zero-order valence-electron chi connectivity index (χ0n) is 17.1. The van der Waals surface area contributed by atoms with E-state index in [1.165, 1.54) is 0 Å². The van der Waals surface area contributed by atoms with Crippen molar-refractivity contribution in [1.29, 1.82) is 0 Å². The summed E-state index contributed by atoms with van der Waals surface area (Å²) in [4.78, 5) is 12.4. The topological polar surface area (TPSA) is 94.1 Å². The molecule has 1 aliphatic heterocycles. The summed E-state index contributed by atoms with van der Waals surface area (Å²) in [7, 11) is 3.23. The van der Waals surface area contributed by atoms with E-state index in [-0.39, 0.29) is 11.8 Å². The fourth-order valence-corrected chi connectivity index (χ4v) is 3.99. The van der Waals surface area contributed by atoms with Crippen LogP contribution >= 0.6 is 0 Å². The monoisotopic (exact) mass is 415 g/mol. The van der Waals surface area contributed by atoms with Crippen LogP contribution in [0.2, 0.25) is 0 Å². The molecule has 0 saturated heterocycles. The van der Waals surface area contributed by atoms with Crippen LogP contribution in [0.25, 0.3) is 16.9 Å². The number of rotatable bonds is 5. The van der Waals surface area contributed by atoms with Crippen LogP contribution in [0.15, 0.2) is 60.9 Å². The maximum Gasteiger partial charge on any atom is 0.226 e. The van der Waals surface area contributed by atoms with Gasteiger partial charge in [0, 0.05) is 35.7 Å². The van der Waals surface area contributed by atoms with E-state index >= 15 is 0 Å². The normalized spacial score (nSPS) is 15.3. The van der Waals surface area contributed by atoms with E-state index in [4.69, 9.17) is 9.47 Å². The van der Waals surface area contributed by atoms with Gasteiger partial charge in [0.2, 0.25) is 5.91 Å². The number of hydrogen-bond acceptors (Lipinski definition) is 5. The van der Waals surface area contributed by atoms with Crippen LogP contribution in [0.3, 0.4) is 0 Å². The van der Waals surface area contributed by atoms with E-state index in [1.807, 2.05) is 65.6 Å². The van der Waals surface area contributed by atoms with E-state index in [1.54, 1.807) is 14.2 Å². The minimum absolute atomic E-state index is 0.0790. The number of aromatic amines is 1. The van der Waals surface area contributed by atoms with Crippen LogP contribution in [-0.4, -0.2) is 40.1 Å². The van der Waals surface area contributed by atoms with Gasteiger partial charge in [-0.1, -0.05) is 18.2 Å². The van der Waals surface area contributed by atoms with Crippen molar-refractivity contribution < 1.29 is 14.3 Å². The standard InChI is InChI=1S/C23H21N5O3/c1-30-16-8-9-17(19(10-16)31-2)22-21-18(11-20(29)25-23(21)27-26-22)14-12-24-28(13-14)15-6-4-3-5-7-15/h3-10,12-13,18H,11H2,1-2H3,(H2,25,26,27,29). The number of nitrogens with zero attached hydrogens (tertiary/aromatic N) is 3. The van der Waals surface area contributed by atoms with Gasteiger partial charge in [0.25, 0.3) is 0 Å². The van der Waals surface area contributed by atoms with Crippen molar-refractivity contribution in [3.63, 3.8) is 0 Å². The molecule has 2 aromatic carbocycles. The molecule has 1 atom stereocenters. The Hall–Kier alpha value is -4.07. The number of aromatic nitrogens is 4. The molecule has 0 aliphatic carbocycles. The van der Waals surface area contributed by atoms with Gasteiger partial charge in [-0.3, -0.25) is 9.89 Å². The second kappa shape index (κ2) is 7.64. The minimum Gasteiger partial charge on any atom is -0.497 e. The predicted octanol–water partition coefficient (Wildman–Crippen LogP) is 3.75. The summed E-state index contributed by atoms with van der Waals surface area (Å²) >= 11 is 0. The lowest BCUT2D eigenvalue weighted by molar-refractivity contribution is -0.116. The number of H-pyrrole nitrogens is 1. The van der Waals surface area contributed by atoms with Crippen LogP contribution in [-0.2, 0) is 4.79 Å². The number of carbonyl (C=O) groups excluding carboxylic acids is 1. The molecule has 0 spiro atoms. The van der Waals surface area contributed by atoms with E-state index in [0.717, 1.165) is 28.1 Å². The van der Waals surface area contributed by atoms with Crippen LogP contribution in [0.4, 0.5) is 5.82 Å². The van der Waals surface area contributed by atoms with E-state index in [0.29, 0.717) is 23.7 Å². The minimum atomic E-state index is -0.193. The van der Waals surface area contributed by atoms with Crippen LogP contribution in [0.5, 0.6) is 11.5 Å². The molecule has 0 radical (unpaired) electrons. The summed E-state index contributed by atoms with van der Waals surface area (Å²) < 4.78 is 12.7. The van der Waals surface area contributed by atoms with Gasteiger partial charge in [-0.25, -0.2) is 4.68 Å². The third-order valence-corrected chi connectivity index (χ3v) is 5.50. The molecule has 1 unspecified atom stereocenters. The van der Waals surface area contributed by atoms with Gasteiger partial charge in [-0.2, -0.15) is 10.2 Å². The largest absolute Gasteiger partial charge is 0.497 e. The quantitative estimate of drug-likeness (QED) is 0.518. The lowest BCUT2D eigenvalue weighted by atomic mass is 9.86. The fraction of sp³-hybridized carbons (Fsp3) is 0.174. The predicted molar refractivity (Wildman–Crippen MR) is 116 cm³/mol. The summed E-state index contributed by atoms with van der Waals surface area (Å²) in [5, 5.41) is 14.9. The highest BCUT2D eigenvalue weighted by Gasteiger charge is 2.33. The number of ether oxygens (including phenoxy) is 2. The molecule has 2 aromatic heterocycles. The molecule has 0 fully saturated rings. The highest BCUT2D eigenvalue weighted by atomic mass is 16.5. The average molecular weight is 415 g/mol. The van der Waals surface area contributed by atoms with Crippen LogP contribution in [0.1, 0.15) is 23.5 Å². The fourth-order valence-electron chi connectivity index (χ4n) is 3.99. The molecule has 8 nitrogen and oxygen atoms in total. The Kier molecular flexibility index (Phi) is 4.66. The number of amides is 1. The Morgan fingerprint density at radius 3 is 2.71 bits per heavy atom. The summed E-state index contributed by atoms with van der Waals surface area (Å²) in [6, 6.07) is 15.5. The first-order valence-electron chi connectivity index (χ1n) is 9.88. The zero-order chi connectivity index (χ0) is 21.4. The smallest absolute Gasteiger partial charge is 0.226 e. The molecule has 0 bridgehead atoms. The third-order valence-electron chi connectivity index (χ3n) is 5.50. The van der Waals surface area contributed by atoms with Gasteiger partial charge in [-0.15, -0.1) is 0 Å². The highest BCUT2D eigenvalue weighted by Crippen LogP contribution is 2.44. The van der Waals surface area contributed by atoms with Crippen molar-refractivity contribution in [2.45, 2.75) is 12.3 Å². The number of hydrogen-bond donors (Lipinski definition) is 2. The average Bonchev–Trinajstić information content (AvgIpc) is 3.46. The Balaban J connectivity index is 1.61. The number of methoxy groups -OCH3 is 2. The Labute approximate surface area is 178 Å². The molecular weight excluding hydrogens is 394 g/mol. The first-order valence-corrected chi connectivity index (χ1v) is 9.88. The Morgan fingerprint density at radius 1 is 1.10 bits per heavy atom. The number of anilines is 1. The highest BCUT2D eigenvalue weighted by molar-refractivity contribution is 5.96. The molecule has 4 aromatic rings. The first-order chi connectivity index (χ1) is 15.2. The number of fused-ring (bicyclic) bond motifs is 1. The first kappa shape index (κ1) is 18.9. The molecule has 0 saturated carbocycles. The van der Waals surface area contributed by atoms with Crippen molar-refractivity contribution in [3.05, 3.63) is 72.1 Å². The number of carbonyl (C=O) groups is 1. The maximum atomic E-state index is 12.4. The van der Waals surface area contributed by atoms with Crippen molar-refractivity contribution in [3.8, 4) is 28.4 Å². The zero-order valence-corrected chi connectivity index (χ0v) is 17.1. The van der Waals surface area contributed by atoms with Crippen LogP contribution in [0, 0.1) is 0 Å². The van der Waals surface area contributed by atoms with Gasteiger partial charge in [0.1, 0.15) is 11.5 Å². The Bertz CT molecular complexity index is 1250. The SMILES string of the molecule is COc1ccc(-c2[nH]nc3c2C(c2cnn(-c4ccccc4)c2)CC(=O)N3)c(OC)c1. The summed E-state index contributed by atoms with van der Waals surface area (Å²) in [6.45, 7) is 0. The molecule has 2 N–H and O–H groups in total. The molecule has 5 rings (SSSR count). The van der Waals surface area contributed by atoms with E-state index < -0.39 is 0 Å². The molecular formula is C23H21N5O3. The van der Waals surface area contributed by atoms with Crippen molar-refractivity contribution in [2.24, 2.45) is 0 Å². The number of benzene rings is 2. The van der Waals surface area contributed by atoms with Gasteiger partial charge in [0.15, 0.2) is 5.82 Å². The second-order valence-corrected chi connectivity index (χ2v) is 7.29. The molecule has 1 amide bonds. The van der Waals surface area contributed by atoms with Crippen molar-refractivity contribution in [1.82, 2.24) is 20.0 Å². The van der Waals surface area contributed by atoms with Gasteiger partial charge >= 0.3 is 0 Å². The summed E-state index contributed by atoms with van der Waals surface area (Å²) in [5.74, 6) is 1.61.